The van der Waals surface area contributed by atoms with Gasteiger partial charge in [0.2, 0.25) is 10.0 Å². The predicted octanol–water partition coefficient (Wildman–Crippen LogP) is 1.76. The molecular weight excluding hydrogens is 328 g/mol. The van der Waals surface area contributed by atoms with Crippen LogP contribution in [-0.4, -0.2) is 61.4 Å². The molecule has 2 aliphatic heterocycles. The van der Waals surface area contributed by atoms with Crippen LogP contribution in [0.5, 0.6) is 0 Å². The van der Waals surface area contributed by atoms with Crippen molar-refractivity contribution in [1.29, 1.82) is 0 Å². The highest BCUT2D eigenvalue weighted by molar-refractivity contribution is 9.09. The lowest BCUT2D eigenvalue weighted by atomic mass is 9.98. The Morgan fingerprint density at radius 3 is 2.63 bits per heavy atom. The van der Waals surface area contributed by atoms with Gasteiger partial charge in [-0.2, -0.15) is 0 Å². The lowest BCUT2D eigenvalue weighted by molar-refractivity contribution is 0.168. The lowest BCUT2D eigenvalue weighted by Gasteiger charge is -2.35. The molecule has 2 saturated heterocycles. The van der Waals surface area contributed by atoms with Gasteiger partial charge in [0.15, 0.2) is 0 Å². The molecule has 0 saturated carbocycles. The van der Waals surface area contributed by atoms with E-state index >= 15 is 0 Å². The molecule has 0 amide bonds. The van der Waals surface area contributed by atoms with Crippen molar-refractivity contribution in [3.63, 3.8) is 0 Å². The maximum atomic E-state index is 11.6. The molecule has 0 aromatic carbocycles. The molecule has 3 atom stereocenters. The second-order valence-electron chi connectivity index (χ2n) is 6.11. The second-order valence-corrected chi connectivity index (χ2v) is 8.74. The van der Waals surface area contributed by atoms with Crippen LogP contribution in [0.3, 0.4) is 0 Å². The molecule has 112 valence electrons. The summed E-state index contributed by atoms with van der Waals surface area (Å²) in [5.74, 6) is 1.24. The summed E-state index contributed by atoms with van der Waals surface area (Å²) in [6.07, 6.45) is 4.75. The topological polar surface area (TPSA) is 40.6 Å². The molecule has 0 spiro atoms. The van der Waals surface area contributed by atoms with Crippen molar-refractivity contribution in [2.45, 2.75) is 32.2 Å². The van der Waals surface area contributed by atoms with Gasteiger partial charge in [0.1, 0.15) is 0 Å². The highest BCUT2D eigenvalue weighted by Crippen LogP contribution is 2.28. The third kappa shape index (κ3) is 3.93. The molecule has 2 rings (SSSR count). The first-order chi connectivity index (χ1) is 8.91. The number of nitrogens with zero attached hydrogens (tertiary/aromatic N) is 2. The van der Waals surface area contributed by atoms with Gasteiger partial charge in [-0.05, 0) is 37.6 Å². The molecule has 2 heterocycles. The van der Waals surface area contributed by atoms with Crippen molar-refractivity contribution in [3.8, 4) is 0 Å². The smallest absolute Gasteiger partial charge is 0.211 e. The molecule has 0 aliphatic carbocycles. The van der Waals surface area contributed by atoms with Crippen molar-refractivity contribution in [3.05, 3.63) is 0 Å². The number of alkyl halides is 1. The summed E-state index contributed by atoms with van der Waals surface area (Å²) in [4.78, 5) is 2.55. The van der Waals surface area contributed by atoms with Gasteiger partial charge in [-0.1, -0.05) is 22.9 Å². The predicted molar refractivity (Wildman–Crippen MR) is 82.1 cm³/mol. The van der Waals surface area contributed by atoms with Crippen molar-refractivity contribution < 1.29 is 8.42 Å². The molecule has 3 unspecified atom stereocenters. The number of hydrogen-bond donors (Lipinski definition) is 0. The van der Waals surface area contributed by atoms with Gasteiger partial charge in [0.25, 0.3) is 0 Å². The van der Waals surface area contributed by atoms with E-state index in [9.17, 15) is 8.42 Å². The fourth-order valence-electron chi connectivity index (χ4n) is 3.37. The Morgan fingerprint density at radius 1 is 1.26 bits per heavy atom. The average Bonchev–Trinajstić information content (AvgIpc) is 2.69. The lowest BCUT2D eigenvalue weighted by Crippen LogP contribution is -2.45. The monoisotopic (exact) mass is 352 g/mol. The molecule has 0 radical (unpaired) electrons. The van der Waals surface area contributed by atoms with E-state index in [4.69, 9.17) is 0 Å². The fraction of sp³-hybridized carbons (Fsp3) is 1.00. The van der Waals surface area contributed by atoms with E-state index in [1.807, 2.05) is 0 Å². The van der Waals surface area contributed by atoms with Crippen molar-refractivity contribution in [2.24, 2.45) is 11.8 Å². The SMILES string of the molecule is CC1CCN(CC2CCCN(S(C)(=O)=O)C2)C1CBr. The van der Waals surface area contributed by atoms with Crippen LogP contribution in [0.25, 0.3) is 0 Å². The standard InChI is InChI=1S/C13H25BrN2O2S/c1-11-5-7-15(13(11)8-14)9-12-4-3-6-16(10-12)19(2,17)18/h11-13H,3-10H2,1-2H3. The van der Waals surface area contributed by atoms with Crippen molar-refractivity contribution in [1.82, 2.24) is 9.21 Å². The van der Waals surface area contributed by atoms with E-state index in [1.165, 1.54) is 12.7 Å². The number of hydrogen-bond acceptors (Lipinski definition) is 3. The number of sulfonamides is 1. The number of halogens is 1. The molecule has 2 aliphatic rings. The quantitative estimate of drug-likeness (QED) is 0.724. The van der Waals surface area contributed by atoms with E-state index < -0.39 is 10.0 Å². The molecular formula is C13H25BrN2O2S. The van der Waals surface area contributed by atoms with Crippen LogP contribution in [0.2, 0.25) is 0 Å². The molecule has 0 aromatic heterocycles. The highest BCUT2D eigenvalue weighted by atomic mass is 79.9. The van der Waals surface area contributed by atoms with Gasteiger partial charge in [-0.25, -0.2) is 12.7 Å². The number of likely N-dealkylation sites (tertiary alicyclic amines) is 1. The van der Waals surface area contributed by atoms with Crippen LogP contribution in [-0.2, 0) is 10.0 Å². The van der Waals surface area contributed by atoms with Crippen molar-refractivity contribution >= 4 is 26.0 Å². The first-order valence-electron chi connectivity index (χ1n) is 7.17. The van der Waals surface area contributed by atoms with E-state index in [0.717, 1.165) is 37.2 Å². The van der Waals surface area contributed by atoms with Crippen LogP contribution in [0, 0.1) is 11.8 Å². The zero-order valence-corrected chi connectivity index (χ0v) is 14.3. The van der Waals surface area contributed by atoms with Crippen LogP contribution >= 0.6 is 15.9 Å². The Balaban J connectivity index is 1.92. The van der Waals surface area contributed by atoms with Gasteiger partial charge >= 0.3 is 0 Å². The summed E-state index contributed by atoms with van der Waals surface area (Å²) in [5.41, 5.74) is 0. The Kier molecular flexibility index (Phi) is 5.31. The Hall–Kier alpha value is 0.350. The Morgan fingerprint density at radius 2 is 2.00 bits per heavy atom. The summed E-state index contributed by atoms with van der Waals surface area (Å²) in [5, 5.41) is 1.02. The largest absolute Gasteiger partial charge is 0.299 e. The maximum absolute atomic E-state index is 11.6. The van der Waals surface area contributed by atoms with Crippen LogP contribution in [0.1, 0.15) is 26.2 Å². The first kappa shape index (κ1) is 15.7. The van der Waals surface area contributed by atoms with E-state index in [0.29, 0.717) is 25.0 Å². The molecule has 6 heteroatoms. The third-order valence-corrected chi connectivity index (χ3v) is 6.53. The number of rotatable bonds is 4. The van der Waals surface area contributed by atoms with Gasteiger partial charge in [0.05, 0.1) is 6.26 Å². The van der Waals surface area contributed by atoms with E-state index in [2.05, 4.69) is 27.8 Å². The summed E-state index contributed by atoms with van der Waals surface area (Å²) < 4.78 is 24.9. The Labute approximate surface area is 125 Å². The Bertz CT molecular complexity index is 401. The number of piperidine rings is 1. The molecule has 4 nitrogen and oxygen atoms in total. The zero-order valence-electron chi connectivity index (χ0n) is 11.9. The molecule has 2 fully saturated rings. The van der Waals surface area contributed by atoms with Crippen molar-refractivity contribution in [2.75, 3.05) is 37.8 Å². The van der Waals surface area contributed by atoms with Crippen LogP contribution < -0.4 is 0 Å². The summed E-state index contributed by atoms with van der Waals surface area (Å²) in [6, 6.07) is 0.619. The maximum Gasteiger partial charge on any atom is 0.211 e. The second kappa shape index (κ2) is 6.41. The van der Waals surface area contributed by atoms with Gasteiger partial charge in [-0.3, -0.25) is 4.90 Å². The van der Waals surface area contributed by atoms with Gasteiger partial charge < -0.3 is 0 Å². The third-order valence-electron chi connectivity index (χ3n) is 4.60. The van der Waals surface area contributed by atoms with Crippen LogP contribution in [0.15, 0.2) is 0 Å². The summed E-state index contributed by atoms with van der Waals surface area (Å²) in [6.45, 7) is 5.93. The van der Waals surface area contributed by atoms with E-state index in [-0.39, 0.29) is 0 Å². The average molecular weight is 353 g/mol. The minimum atomic E-state index is -3.02. The molecule has 19 heavy (non-hydrogen) atoms. The zero-order chi connectivity index (χ0) is 14.0. The minimum Gasteiger partial charge on any atom is -0.299 e. The first-order valence-corrected chi connectivity index (χ1v) is 10.1. The highest BCUT2D eigenvalue weighted by Gasteiger charge is 2.33. The summed E-state index contributed by atoms with van der Waals surface area (Å²) in [7, 11) is -3.02. The fourth-order valence-corrected chi connectivity index (χ4v) is 5.36. The molecule has 0 aromatic rings. The minimum absolute atomic E-state index is 0.496. The van der Waals surface area contributed by atoms with E-state index in [1.54, 1.807) is 4.31 Å². The van der Waals surface area contributed by atoms with Gasteiger partial charge in [0, 0.05) is 31.0 Å². The molecule has 0 bridgehead atoms. The van der Waals surface area contributed by atoms with Gasteiger partial charge in [-0.15, -0.1) is 0 Å². The van der Waals surface area contributed by atoms with Crippen LogP contribution in [0.4, 0.5) is 0 Å². The molecule has 0 N–H and O–H groups in total. The normalized spacial score (nSPS) is 34.8. The summed E-state index contributed by atoms with van der Waals surface area (Å²) >= 11 is 3.62.